The molecule has 0 bridgehead atoms. The van der Waals surface area contributed by atoms with Gasteiger partial charge >= 0.3 is 5.97 Å². The number of amides is 2. The number of anilines is 1. The van der Waals surface area contributed by atoms with Crippen molar-refractivity contribution in [3.63, 3.8) is 0 Å². The average molecular weight is 436 g/mol. The Morgan fingerprint density at radius 1 is 0.969 bits per heavy atom. The fourth-order valence-electron chi connectivity index (χ4n) is 4.05. The van der Waals surface area contributed by atoms with E-state index in [2.05, 4.69) is 4.99 Å². The van der Waals surface area contributed by atoms with E-state index in [0.717, 1.165) is 4.90 Å². The molecule has 0 spiro atoms. The summed E-state index contributed by atoms with van der Waals surface area (Å²) in [4.78, 5) is 44.9. The van der Waals surface area contributed by atoms with Gasteiger partial charge in [-0.05, 0) is 48.5 Å². The zero-order valence-corrected chi connectivity index (χ0v) is 18.3. The number of methoxy groups -OCH3 is 2. The van der Waals surface area contributed by atoms with Gasteiger partial charge in [-0.25, -0.2) is 9.79 Å². The highest BCUT2D eigenvalue weighted by molar-refractivity contribution is 6.38. The molecule has 0 radical (unpaired) electrons. The number of esters is 1. The molecule has 2 amide bonds. The predicted octanol–water partition coefficient (Wildman–Crippen LogP) is 3.09. The summed E-state index contributed by atoms with van der Waals surface area (Å²) in [7, 11) is 3.08. The van der Waals surface area contributed by atoms with Gasteiger partial charge < -0.3 is 14.2 Å². The van der Waals surface area contributed by atoms with Crippen molar-refractivity contribution in [2.75, 3.05) is 19.1 Å². The van der Waals surface area contributed by atoms with Crippen LogP contribution in [0.2, 0.25) is 0 Å². The van der Waals surface area contributed by atoms with Crippen LogP contribution in [0.5, 0.6) is 11.5 Å². The monoisotopic (exact) mass is 436 g/mol. The summed E-state index contributed by atoms with van der Waals surface area (Å²) in [5.74, 6) is -1.43. The van der Waals surface area contributed by atoms with Gasteiger partial charge in [0.1, 0.15) is 23.1 Å². The summed E-state index contributed by atoms with van der Waals surface area (Å²) in [6, 6.07) is 13.4. The lowest BCUT2D eigenvalue weighted by Crippen LogP contribution is -2.40. The summed E-state index contributed by atoms with van der Waals surface area (Å²) >= 11 is 0. The second-order valence-corrected chi connectivity index (χ2v) is 7.99. The van der Waals surface area contributed by atoms with Crippen LogP contribution in [-0.4, -0.2) is 37.7 Å². The van der Waals surface area contributed by atoms with E-state index in [0.29, 0.717) is 22.7 Å². The topological polar surface area (TPSA) is 94.5 Å². The Balaban J connectivity index is 1.79. The van der Waals surface area contributed by atoms with Gasteiger partial charge in [0.05, 0.1) is 19.9 Å². The zero-order valence-electron chi connectivity index (χ0n) is 18.3. The van der Waals surface area contributed by atoms with Crippen LogP contribution in [0.25, 0.3) is 0 Å². The molecule has 8 heteroatoms. The first-order chi connectivity index (χ1) is 15.3. The Morgan fingerprint density at radius 3 is 2.03 bits per heavy atom. The number of benzene rings is 2. The molecule has 2 atom stereocenters. The summed E-state index contributed by atoms with van der Waals surface area (Å²) in [5, 5.41) is 0. The van der Waals surface area contributed by atoms with Crippen LogP contribution in [0, 0.1) is 11.8 Å². The van der Waals surface area contributed by atoms with Crippen LogP contribution >= 0.6 is 0 Å². The number of nitrogens with zero attached hydrogens (tertiary/aromatic N) is 2. The van der Waals surface area contributed by atoms with Gasteiger partial charge in [0.15, 0.2) is 0 Å². The van der Waals surface area contributed by atoms with Crippen molar-refractivity contribution in [2.45, 2.75) is 26.0 Å². The Kier molecular flexibility index (Phi) is 5.46. The number of carbonyl (C=O) groups excluding carboxylic acids is 3. The zero-order chi connectivity index (χ0) is 23.0. The van der Waals surface area contributed by atoms with Crippen molar-refractivity contribution in [3.05, 3.63) is 54.1 Å². The van der Waals surface area contributed by atoms with Crippen molar-refractivity contribution >= 4 is 29.2 Å². The van der Waals surface area contributed by atoms with Crippen LogP contribution in [0.4, 0.5) is 5.69 Å². The highest BCUT2D eigenvalue weighted by atomic mass is 16.6. The lowest BCUT2D eigenvalue weighted by Gasteiger charge is -2.30. The number of ether oxygens (including phenoxy) is 3. The first-order valence-electron chi connectivity index (χ1n) is 10.3. The maximum absolute atomic E-state index is 13.5. The van der Waals surface area contributed by atoms with Crippen LogP contribution in [0.3, 0.4) is 0 Å². The normalized spacial score (nSPS) is 22.9. The van der Waals surface area contributed by atoms with Gasteiger partial charge in [-0.15, -0.1) is 0 Å². The lowest BCUT2D eigenvalue weighted by atomic mass is 9.87. The van der Waals surface area contributed by atoms with Gasteiger partial charge in [-0.2, -0.15) is 0 Å². The van der Waals surface area contributed by atoms with E-state index >= 15 is 0 Å². The minimum Gasteiger partial charge on any atom is -0.497 e. The highest BCUT2D eigenvalue weighted by Gasteiger charge is 2.58. The maximum Gasteiger partial charge on any atom is 0.355 e. The lowest BCUT2D eigenvalue weighted by molar-refractivity contribution is -0.156. The molecule has 2 aromatic carbocycles. The molecule has 0 aliphatic carbocycles. The van der Waals surface area contributed by atoms with Crippen LogP contribution in [-0.2, 0) is 24.8 Å². The van der Waals surface area contributed by atoms with E-state index in [1.165, 1.54) is 7.11 Å². The van der Waals surface area contributed by atoms with Gasteiger partial charge in [-0.3, -0.25) is 14.5 Å². The molecule has 0 N–H and O–H groups in total. The van der Waals surface area contributed by atoms with Gasteiger partial charge in [0.25, 0.3) is 0 Å². The fraction of sp³-hybridized carbons (Fsp3) is 0.333. The highest BCUT2D eigenvalue weighted by Crippen LogP contribution is 2.46. The van der Waals surface area contributed by atoms with E-state index < -0.39 is 23.5 Å². The van der Waals surface area contributed by atoms with E-state index in [1.54, 1.807) is 55.6 Å². The standard InChI is InChI=1S/C24H24N2O6/c1-14(2)21-23(29)32-24(25-21,15-5-9-17(30-3)10-6-15)19-13-20(27)26(22(19)28)16-7-11-18(31-4)12-8-16/h5-12,14,19H,13H2,1-4H3. The predicted molar refractivity (Wildman–Crippen MR) is 117 cm³/mol. The molecule has 166 valence electrons. The number of cyclic esters (lactones) is 1. The second kappa shape index (κ2) is 8.11. The molecular formula is C24H24N2O6. The quantitative estimate of drug-likeness (QED) is 0.510. The first kappa shape index (κ1) is 21.5. The van der Waals surface area contributed by atoms with E-state index in [9.17, 15) is 14.4 Å². The molecule has 0 aromatic heterocycles. The number of hydrogen-bond acceptors (Lipinski definition) is 7. The number of hydrogen-bond donors (Lipinski definition) is 0. The number of rotatable bonds is 6. The first-order valence-corrected chi connectivity index (χ1v) is 10.3. The molecule has 4 rings (SSSR count). The Bertz CT molecular complexity index is 1090. The minimum absolute atomic E-state index is 0.140. The van der Waals surface area contributed by atoms with Gasteiger partial charge in [0.2, 0.25) is 17.5 Å². The molecule has 1 saturated heterocycles. The number of aliphatic imine (C=N–C) groups is 1. The largest absolute Gasteiger partial charge is 0.497 e. The smallest absolute Gasteiger partial charge is 0.355 e. The third kappa shape index (κ3) is 3.41. The van der Waals surface area contributed by atoms with Gasteiger partial charge in [-0.1, -0.05) is 13.8 Å². The van der Waals surface area contributed by atoms with E-state index in [1.807, 2.05) is 13.8 Å². The van der Waals surface area contributed by atoms with Crippen LogP contribution in [0.1, 0.15) is 25.8 Å². The maximum atomic E-state index is 13.5. The molecule has 0 saturated carbocycles. The molecule has 2 aliphatic heterocycles. The Hall–Kier alpha value is -3.68. The van der Waals surface area contributed by atoms with E-state index in [-0.39, 0.29) is 24.0 Å². The Labute approximate surface area is 185 Å². The molecule has 2 aliphatic rings. The summed E-state index contributed by atoms with van der Waals surface area (Å²) in [5.41, 5.74) is -0.448. The number of carbonyl (C=O) groups is 3. The molecule has 2 heterocycles. The molecule has 2 aromatic rings. The van der Waals surface area contributed by atoms with Crippen LogP contribution in [0.15, 0.2) is 53.5 Å². The third-order valence-electron chi connectivity index (χ3n) is 5.74. The summed E-state index contributed by atoms with van der Waals surface area (Å²) < 4.78 is 16.2. The Morgan fingerprint density at radius 2 is 1.53 bits per heavy atom. The van der Waals surface area contributed by atoms with Crippen molar-refractivity contribution in [3.8, 4) is 11.5 Å². The van der Waals surface area contributed by atoms with Crippen molar-refractivity contribution in [1.82, 2.24) is 0 Å². The fourth-order valence-corrected chi connectivity index (χ4v) is 4.05. The molecule has 32 heavy (non-hydrogen) atoms. The molecule has 8 nitrogen and oxygen atoms in total. The van der Waals surface area contributed by atoms with Crippen molar-refractivity contribution in [1.29, 1.82) is 0 Å². The second-order valence-electron chi connectivity index (χ2n) is 7.99. The molecule has 2 unspecified atom stereocenters. The van der Waals surface area contributed by atoms with Crippen molar-refractivity contribution < 1.29 is 28.6 Å². The summed E-state index contributed by atoms with van der Waals surface area (Å²) in [6.45, 7) is 3.66. The van der Waals surface area contributed by atoms with Crippen LogP contribution < -0.4 is 14.4 Å². The third-order valence-corrected chi connectivity index (χ3v) is 5.74. The SMILES string of the molecule is COc1ccc(N2C(=O)CC(C3(c4ccc(OC)cc4)N=C(C(C)C)C(=O)O3)C2=O)cc1. The van der Waals surface area contributed by atoms with E-state index in [4.69, 9.17) is 14.2 Å². The van der Waals surface area contributed by atoms with Crippen molar-refractivity contribution in [2.24, 2.45) is 16.8 Å². The minimum atomic E-state index is -1.61. The average Bonchev–Trinajstić information content (AvgIpc) is 3.31. The molecule has 1 fully saturated rings. The number of imide groups is 1. The van der Waals surface area contributed by atoms with Gasteiger partial charge in [0, 0.05) is 17.9 Å². The summed E-state index contributed by atoms with van der Waals surface area (Å²) in [6.07, 6.45) is -0.140. The molecular weight excluding hydrogens is 412 g/mol.